The van der Waals surface area contributed by atoms with Crippen LogP contribution < -0.4 is 0 Å². The van der Waals surface area contributed by atoms with Crippen LogP contribution in [0.5, 0.6) is 0 Å². The van der Waals surface area contributed by atoms with E-state index in [4.69, 9.17) is 4.74 Å². The van der Waals surface area contributed by atoms with Crippen LogP contribution in [0.2, 0.25) is 0 Å². The van der Waals surface area contributed by atoms with Gasteiger partial charge in [0.2, 0.25) is 5.78 Å². The number of carbonyl (C=O) groups excluding carboxylic acids is 2. The highest BCUT2D eigenvalue weighted by atomic mass is 19.4. The second-order valence-electron chi connectivity index (χ2n) is 5.77. The van der Waals surface area contributed by atoms with Gasteiger partial charge in [0.15, 0.2) is 0 Å². The first kappa shape index (κ1) is 17.6. The number of hydrogen-bond acceptors (Lipinski definition) is 3. The minimum absolute atomic E-state index is 0.0980. The van der Waals surface area contributed by atoms with Crippen LogP contribution in [0.25, 0.3) is 0 Å². The molecular weight excluding hydrogens is 301 g/mol. The molecule has 1 fully saturated rings. The first-order valence-electron chi connectivity index (χ1n) is 6.26. The van der Waals surface area contributed by atoms with Crippen LogP contribution >= 0.6 is 0 Å². The van der Waals surface area contributed by atoms with Crippen molar-refractivity contribution in [1.29, 1.82) is 0 Å². The number of amides is 1. The molecule has 0 N–H and O–H groups in total. The number of ether oxygens (including phenoxy) is 1. The Hall–Kier alpha value is -1.41. The lowest BCUT2D eigenvalue weighted by molar-refractivity contribution is -0.270. The van der Waals surface area contributed by atoms with Crippen LogP contribution in [0, 0.1) is 0 Å². The Morgan fingerprint density at radius 3 is 2.05 bits per heavy atom. The quantitative estimate of drug-likeness (QED) is 0.735. The summed E-state index contributed by atoms with van der Waals surface area (Å²) in [6.45, 7) is 4.45. The zero-order chi connectivity index (χ0) is 16.6. The van der Waals surface area contributed by atoms with Gasteiger partial charge in [-0.15, -0.1) is 0 Å². The Balaban J connectivity index is 2.92. The van der Waals surface area contributed by atoms with Gasteiger partial charge in [-0.1, -0.05) is 0 Å². The van der Waals surface area contributed by atoms with Crippen LogP contribution in [-0.2, 0) is 9.53 Å². The van der Waals surface area contributed by atoms with Crippen molar-refractivity contribution >= 4 is 11.9 Å². The average molecular weight is 317 g/mol. The smallest absolute Gasteiger partial charge is 0.444 e. The van der Waals surface area contributed by atoms with Crippen LogP contribution in [0.15, 0.2) is 0 Å². The maximum atomic E-state index is 13.1. The Labute approximate surface area is 118 Å². The lowest BCUT2D eigenvalue weighted by atomic mass is 10.0. The number of carbonyl (C=O) groups is 2. The van der Waals surface area contributed by atoms with E-state index in [1.165, 1.54) is 20.8 Å². The third-order valence-corrected chi connectivity index (χ3v) is 2.85. The fraction of sp³-hybridized carbons (Fsp3) is 0.833. The zero-order valence-corrected chi connectivity index (χ0v) is 11.8. The summed E-state index contributed by atoms with van der Waals surface area (Å²) in [6, 6.07) is -1.82. The van der Waals surface area contributed by atoms with E-state index in [1.54, 1.807) is 0 Å². The number of Topliss-reactive ketones (excluding diaryl/α,β-unsaturated/α-hetero) is 1. The molecule has 0 aliphatic carbocycles. The van der Waals surface area contributed by atoms with E-state index in [0.29, 0.717) is 4.90 Å². The van der Waals surface area contributed by atoms with Gasteiger partial charge in [-0.05, 0) is 33.6 Å². The van der Waals surface area contributed by atoms with Gasteiger partial charge in [0.25, 0.3) is 0 Å². The van der Waals surface area contributed by atoms with E-state index in [2.05, 4.69) is 0 Å². The topological polar surface area (TPSA) is 46.6 Å². The molecule has 0 bridgehead atoms. The van der Waals surface area contributed by atoms with Crippen molar-refractivity contribution in [2.75, 3.05) is 6.54 Å². The van der Waals surface area contributed by atoms with E-state index in [9.17, 15) is 31.5 Å². The predicted molar refractivity (Wildman–Crippen MR) is 62.0 cm³/mol. The highest BCUT2D eigenvalue weighted by Gasteiger charge is 2.65. The summed E-state index contributed by atoms with van der Waals surface area (Å²) in [5.41, 5.74) is -0.945. The molecule has 1 aliphatic heterocycles. The number of rotatable bonds is 2. The predicted octanol–water partition coefficient (Wildman–Crippen LogP) is 3.15. The van der Waals surface area contributed by atoms with Crippen LogP contribution in [-0.4, -0.2) is 47.1 Å². The zero-order valence-electron chi connectivity index (χ0n) is 11.8. The van der Waals surface area contributed by atoms with Crippen molar-refractivity contribution in [3.05, 3.63) is 0 Å². The Morgan fingerprint density at radius 2 is 1.62 bits per heavy atom. The fourth-order valence-corrected chi connectivity index (χ4v) is 1.93. The highest BCUT2D eigenvalue weighted by molar-refractivity contribution is 5.94. The van der Waals surface area contributed by atoms with Crippen LogP contribution in [0.1, 0.15) is 33.6 Å². The van der Waals surface area contributed by atoms with E-state index >= 15 is 0 Å². The van der Waals surface area contributed by atoms with E-state index in [-0.39, 0.29) is 19.4 Å². The highest BCUT2D eigenvalue weighted by Crippen LogP contribution is 2.39. The summed E-state index contributed by atoms with van der Waals surface area (Å²) in [5, 5.41) is 0. The van der Waals surface area contributed by atoms with E-state index in [1.807, 2.05) is 0 Å². The van der Waals surface area contributed by atoms with Crippen molar-refractivity contribution < 1.29 is 36.3 Å². The summed E-state index contributed by atoms with van der Waals surface area (Å²) in [6.07, 6.45) is -7.14. The summed E-state index contributed by atoms with van der Waals surface area (Å²) < 4.78 is 67.8. The van der Waals surface area contributed by atoms with Gasteiger partial charge in [0.05, 0.1) is 0 Å². The van der Waals surface area contributed by atoms with Gasteiger partial charge in [0, 0.05) is 6.54 Å². The normalized spacial score (nSPS) is 20.6. The number of halogens is 5. The molecule has 21 heavy (non-hydrogen) atoms. The number of hydrogen-bond donors (Lipinski definition) is 0. The second-order valence-corrected chi connectivity index (χ2v) is 5.77. The van der Waals surface area contributed by atoms with E-state index in [0.717, 1.165) is 0 Å². The number of ketones is 1. The molecule has 0 aromatic heterocycles. The number of nitrogens with zero attached hydrogens (tertiary/aromatic N) is 1. The summed E-state index contributed by atoms with van der Waals surface area (Å²) >= 11 is 0. The largest absolute Gasteiger partial charge is 0.461 e. The molecule has 1 amide bonds. The maximum absolute atomic E-state index is 13.1. The van der Waals surface area contributed by atoms with Gasteiger partial charge >= 0.3 is 18.2 Å². The first-order chi connectivity index (χ1) is 9.27. The van der Waals surface area contributed by atoms with Crippen LogP contribution in [0.4, 0.5) is 26.7 Å². The van der Waals surface area contributed by atoms with Crippen molar-refractivity contribution in [2.24, 2.45) is 0 Å². The molecule has 122 valence electrons. The summed E-state index contributed by atoms with van der Waals surface area (Å²) in [7, 11) is 0. The lowest BCUT2D eigenvalue weighted by Gasteiger charge is -2.30. The van der Waals surface area contributed by atoms with Gasteiger partial charge < -0.3 is 4.74 Å². The molecule has 0 radical (unpaired) electrons. The first-order valence-corrected chi connectivity index (χ1v) is 6.26. The second kappa shape index (κ2) is 5.42. The fourth-order valence-electron chi connectivity index (χ4n) is 1.93. The minimum atomic E-state index is -5.98. The minimum Gasteiger partial charge on any atom is -0.444 e. The van der Waals surface area contributed by atoms with Crippen molar-refractivity contribution in [1.82, 2.24) is 4.90 Å². The SMILES string of the molecule is CC(C)(C)OC(=O)N1CCCC1C(=O)C(F)(F)C(F)(F)F. The average Bonchev–Trinajstić information content (AvgIpc) is 2.72. The molecule has 1 unspecified atom stereocenters. The van der Waals surface area contributed by atoms with Gasteiger partial charge in [-0.25, -0.2) is 4.79 Å². The molecule has 0 aromatic rings. The van der Waals surface area contributed by atoms with Gasteiger partial charge in [0.1, 0.15) is 11.6 Å². The van der Waals surface area contributed by atoms with Gasteiger partial charge in [-0.3, -0.25) is 9.69 Å². The summed E-state index contributed by atoms with van der Waals surface area (Å²) in [4.78, 5) is 23.9. The molecular formula is C12H16F5NO3. The molecule has 0 aromatic carbocycles. The molecule has 1 aliphatic rings. The van der Waals surface area contributed by atoms with Crippen LogP contribution in [0.3, 0.4) is 0 Å². The summed E-state index contributed by atoms with van der Waals surface area (Å²) in [5.74, 6) is -7.80. The van der Waals surface area contributed by atoms with Gasteiger partial charge in [-0.2, -0.15) is 22.0 Å². The molecule has 1 rings (SSSR count). The lowest BCUT2D eigenvalue weighted by Crippen LogP contribution is -2.54. The molecule has 4 nitrogen and oxygen atoms in total. The molecule has 1 saturated heterocycles. The van der Waals surface area contributed by atoms with Crippen molar-refractivity contribution in [3.63, 3.8) is 0 Å². The molecule has 1 heterocycles. The molecule has 0 saturated carbocycles. The Bertz CT molecular complexity index is 428. The molecule has 0 spiro atoms. The Morgan fingerprint density at radius 1 is 1.10 bits per heavy atom. The van der Waals surface area contributed by atoms with Crippen molar-refractivity contribution in [3.8, 4) is 0 Å². The molecule has 1 atom stereocenters. The third kappa shape index (κ3) is 3.82. The van der Waals surface area contributed by atoms with E-state index < -0.39 is 35.6 Å². The third-order valence-electron chi connectivity index (χ3n) is 2.85. The Kier molecular flexibility index (Phi) is 4.55. The van der Waals surface area contributed by atoms with Crippen molar-refractivity contribution in [2.45, 2.75) is 57.4 Å². The maximum Gasteiger partial charge on any atom is 0.461 e. The molecule has 9 heteroatoms. The number of likely N-dealkylation sites (tertiary alicyclic amines) is 1. The monoisotopic (exact) mass is 317 g/mol. The number of alkyl halides is 5. The standard InChI is InChI=1S/C12H16F5NO3/c1-10(2,3)21-9(20)18-6-4-5-7(18)8(19)11(13,14)12(15,16)17/h7H,4-6H2,1-3H3.